The van der Waals surface area contributed by atoms with E-state index in [2.05, 4.69) is 9.72 Å². The molecule has 1 aromatic heterocycles. The van der Waals surface area contributed by atoms with Crippen molar-refractivity contribution in [1.82, 2.24) is 4.98 Å². The molecule has 0 aliphatic rings. The number of nitrogens with zero attached hydrogens (tertiary/aromatic N) is 1. The fraction of sp³-hybridized carbons (Fsp3) is 0.238. The van der Waals surface area contributed by atoms with Gasteiger partial charge in [0.05, 0.1) is 12.0 Å². The summed E-state index contributed by atoms with van der Waals surface area (Å²) in [6.07, 6.45) is 2.52. The highest BCUT2D eigenvalue weighted by Gasteiger charge is 2.18. The van der Waals surface area contributed by atoms with Gasteiger partial charge in [0.2, 0.25) is 0 Å². The summed E-state index contributed by atoms with van der Waals surface area (Å²) >= 11 is 0. The molecule has 28 heavy (non-hydrogen) atoms. The lowest BCUT2D eigenvalue weighted by Gasteiger charge is -2.03. The van der Waals surface area contributed by atoms with Gasteiger partial charge in [0.15, 0.2) is 21.5 Å². The number of methoxy groups -OCH3 is 1. The Morgan fingerprint density at radius 1 is 1.04 bits per heavy atom. The van der Waals surface area contributed by atoms with Crippen LogP contribution in [0.1, 0.15) is 18.7 Å². The number of hydrogen-bond acceptors (Lipinski definition) is 6. The molecule has 146 valence electrons. The number of ether oxygens (including phenoxy) is 1. The third-order valence-corrected chi connectivity index (χ3v) is 5.39. The Morgan fingerprint density at radius 3 is 2.32 bits per heavy atom. The van der Waals surface area contributed by atoms with Crippen molar-refractivity contribution >= 4 is 15.8 Å². The average molecular weight is 399 g/mol. The molecule has 0 fully saturated rings. The number of oxazole rings is 1. The summed E-state index contributed by atoms with van der Waals surface area (Å²) in [6, 6.07) is 16.1. The van der Waals surface area contributed by atoms with E-state index in [1.807, 2.05) is 30.3 Å². The van der Waals surface area contributed by atoms with Crippen LogP contribution in [0.2, 0.25) is 0 Å². The van der Waals surface area contributed by atoms with Crippen LogP contribution in [0.15, 0.2) is 63.9 Å². The number of hydrogen-bond donors (Lipinski definition) is 0. The Hall–Kier alpha value is -2.93. The number of carbonyl (C=O) groups is 1. The Morgan fingerprint density at radius 2 is 1.71 bits per heavy atom. The van der Waals surface area contributed by atoms with E-state index in [0.717, 1.165) is 11.1 Å². The van der Waals surface area contributed by atoms with Gasteiger partial charge in [0, 0.05) is 30.2 Å². The molecule has 0 spiro atoms. The lowest BCUT2D eigenvalue weighted by Crippen LogP contribution is -2.00. The number of aryl methyl sites for hydroxylation is 1. The van der Waals surface area contributed by atoms with E-state index >= 15 is 0 Å². The molecule has 0 saturated carbocycles. The van der Waals surface area contributed by atoms with E-state index in [4.69, 9.17) is 4.42 Å². The Balaban J connectivity index is 1.95. The van der Waals surface area contributed by atoms with Crippen LogP contribution in [-0.2, 0) is 25.8 Å². The van der Waals surface area contributed by atoms with Crippen molar-refractivity contribution in [2.45, 2.75) is 24.2 Å². The van der Waals surface area contributed by atoms with Crippen molar-refractivity contribution in [1.29, 1.82) is 0 Å². The van der Waals surface area contributed by atoms with E-state index in [1.165, 1.54) is 13.4 Å². The summed E-state index contributed by atoms with van der Waals surface area (Å²) in [6.45, 7) is 0. The zero-order valence-corrected chi connectivity index (χ0v) is 16.5. The first-order valence-corrected chi connectivity index (χ1v) is 10.7. The molecule has 3 aromatic rings. The van der Waals surface area contributed by atoms with Crippen LogP contribution in [0.25, 0.3) is 22.6 Å². The maximum Gasteiger partial charge on any atom is 0.305 e. The molecule has 0 aliphatic heterocycles. The maximum atomic E-state index is 11.7. The zero-order valence-electron chi connectivity index (χ0n) is 15.7. The predicted octanol–water partition coefficient (Wildman–Crippen LogP) is 3.91. The van der Waals surface area contributed by atoms with Gasteiger partial charge in [-0.05, 0) is 18.6 Å². The molecule has 0 unspecified atom stereocenters. The topological polar surface area (TPSA) is 86.5 Å². The number of esters is 1. The van der Waals surface area contributed by atoms with Crippen molar-refractivity contribution < 1.29 is 22.4 Å². The number of benzene rings is 2. The first kappa shape index (κ1) is 19.8. The van der Waals surface area contributed by atoms with Crippen molar-refractivity contribution in [2.75, 3.05) is 13.4 Å². The molecule has 7 heteroatoms. The van der Waals surface area contributed by atoms with E-state index in [1.54, 1.807) is 24.3 Å². The van der Waals surface area contributed by atoms with Crippen LogP contribution in [0.5, 0.6) is 0 Å². The number of rotatable bonds is 7. The molecule has 0 atom stereocenters. The van der Waals surface area contributed by atoms with Crippen LogP contribution in [0.4, 0.5) is 0 Å². The number of aromatic nitrogens is 1. The molecular formula is C21H21NO5S. The molecule has 1 heterocycles. The summed E-state index contributed by atoms with van der Waals surface area (Å²) < 4.78 is 34.0. The fourth-order valence-corrected chi connectivity index (χ4v) is 3.43. The second-order valence-electron chi connectivity index (χ2n) is 6.38. The molecule has 0 aliphatic carbocycles. The van der Waals surface area contributed by atoms with Gasteiger partial charge in [0.25, 0.3) is 0 Å². The lowest BCUT2D eigenvalue weighted by molar-refractivity contribution is -0.140. The first-order valence-electron chi connectivity index (χ1n) is 8.81. The van der Waals surface area contributed by atoms with E-state index in [0.29, 0.717) is 30.2 Å². The van der Waals surface area contributed by atoms with Gasteiger partial charge in [-0.25, -0.2) is 13.4 Å². The summed E-state index contributed by atoms with van der Waals surface area (Å²) in [5, 5.41) is 0. The van der Waals surface area contributed by atoms with Crippen LogP contribution < -0.4 is 0 Å². The van der Waals surface area contributed by atoms with Crippen LogP contribution in [0.3, 0.4) is 0 Å². The number of sulfone groups is 1. The summed E-state index contributed by atoms with van der Waals surface area (Å²) in [4.78, 5) is 16.2. The second-order valence-corrected chi connectivity index (χ2v) is 8.39. The van der Waals surface area contributed by atoms with Crippen molar-refractivity contribution in [3.63, 3.8) is 0 Å². The third kappa shape index (κ3) is 4.67. The summed E-state index contributed by atoms with van der Waals surface area (Å²) in [7, 11) is -1.91. The largest absolute Gasteiger partial charge is 0.469 e. The highest BCUT2D eigenvalue weighted by molar-refractivity contribution is 7.90. The Kier molecular flexibility index (Phi) is 5.94. The minimum absolute atomic E-state index is 0.249. The zero-order chi connectivity index (χ0) is 20.1. The Labute approximate surface area is 164 Å². The normalized spacial score (nSPS) is 11.4. The van der Waals surface area contributed by atoms with E-state index in [9.17, 15) is 13.2 Å². The monoisotopic (exact) mass is 399 g/mol. The van der Waals surface area contributed by atoms with Crippen LogP contribution >= 0.6 is 0 Å². The lowest BCUT2D eigenvalue weighted by atomic mass is 10.1. The van der Waals surface area contributed by atoms with Gasteiger partial charge in [-0.15, -0.1) is 0 Å². The van der Waals surface area contributed by atoms with Gasteiger partial charge in [-0.3, -0.25) is 4.79 Å². The van der Waals surface area contributed by atoms with E-state index < -0.39 is 9.84 Å². The van der Waals surface area contributed by atoms with Crippen molar-refractivity contribution in [3.05, 3.63) is 60.5 Å². The van der Waals surface area contributed by atoms with Gasteiger partial charge < -0.3 is 9.15 Å². The number of carbonyl (C=O) groups excluding carboxylic acids is 1. The summed E-state index contributed by atoms with van der Waals surface area (Å²) in [5.74, 6) is 0.858. The van der Waals surface area contributed by atoms with Gasteiger partial charge in [-0.2, -0.15) is 0 Å². The minimum atomic E-state index is -3.27. The standard InChI is InChI=1S/C21H21NO5S/c1-26-19(23)10-6-9-18-22-20(21(27-18)16-7-4-3-5-8-16)15-11-13-17(14-12-15)28(2,24)25/h3-5,7-8,11-14H,6,9-10H2,1-2H3. The van der Waals surface area contributed by atoms with E-state index in [-0.39, 0.29) is 17.3 Å². The molecule has 3 rings (SSSR count). The SMILES string of the molecule is COC(=O)CCCc1nc(-c2ccc(S(C)(=O)=O)cc2)c(-c2ccccc2)o1. The van der Waals surface area contributed by atoms with Crippen molar-refractivity contribution in [3.8, 4) is 22.6 Å². The second kappa shape index (κ2) is 8.39. The van der Waals surface area contributed by atoms with Gasteiger partial charge in [0.1, 0.15) is 5.69 Å². The van der Waals surface area contributed by atoms with Gasteiger partial charge >= 0.3 is 5.97 Å². The van der Waals surface area contributed by atoms with Crippen molar-refractivity contribution in [2.24, 2.45) is 0 Å². The van der Waals surface area contributed by atoms with Crippen LogP contribution in [-0.4, -0.2) is 32.7 Å². The molecule has 6 nitrogen and oxygen atoms in total. The first-order chi connectivity index (χ1) is 13.4. The molecule has 0 N–H and O–H groups in total. The fourth-order valence-electron chi connectivity index (χ4n) is 2.80. The smallest absolute Gasteiger partial charge is 0.305 e. The molecule has 0 bridgehead atoms. The molecule has 0 radical (unpaired) electrons. The van der Waals surface area contributed by atoms with Gasteiger partial charge in [-0.1, -0.05) is 42.5 Å². The third-order valence-electron chi connectivity index (χ3n) is 4.26. The quantitative estimate of drug-likeness (QED) is 0.560. The molecule has 0 amide bonds. The molecule has 0 saturated heterocycles. The highest BCUT2D eigenvalue weighted by atomic mass is 32.2. The summed E-state index contributed by atoms with van der Waals surface area (Å²) in [5.41, 5.74) is 2.27. The maximum absolute atomic E-state index is 11.7. The Bertz CT molecular complexity index is 1050. The predicted molar refractivity (Wildman–Crippen MR) is 105 cm³/mol. The minimum Gasteiger partial charge on any atom is -0.469 e. The molecular weight excluding hydrogens is 378 g/mol. The average Bonchev–Trinajstić information content (AvgIpc) is 3.12. The highest BCUT2D eigenvalue weighted by Crippen LogP contribution is 2.33. The molecule has 2 aromatic carbocycles. The van der Waals surface area contributed by atoms with Crippen LogP contribution in [0, 0.1) is 0 Å².